The third-order valence-electron chi connectivity index (χ3n) is 2.52. The summed E-state index contributed by atoms with van der Waals surface area (Å²) in [6, 6.07) is 8.94. The summed E-state index contributed by atoms with van der Waals surface area (Å²) in [7, 11) is 1.28. The second kappa shape index (κ2) is 5.56. The zero-order chi connectivity index (χ0) is 13.8. The molecule has 0 aliphatic rings. The van der Waals surface area contributed by atoms with Gasteiger partial charge in [0.15, 0.2) is 6.10 Å². The number of hydrogen-bond acceptors (Lipinski definition) is 4. The Morgan fingerprint density at radius 1 is 1.32 bits per heavy atom. The molecule has 0 radical (unpaired) electrons. The lowest BCUT2D eigenvalue weighted by Crippen LogP contribution is -2.02. The molecule has 19 heavy (non-hydrogen) atoms. The summed E-state index contributed by atoms with van der Waals surface area (Å²) in [5.74, 6) is 0.0315. The van der Waals surface area contributed by atoms with Gasteiger partial charge in [-0.2, -0.15) is 0 Å². The predicted octanol–water partition coefficient (Wildman–Crippen LogP) is 3.35. The Balaban J connectivity index is 2.09. The number of methoxy groups -OCH3 is 1. The van der Waals surface area contributed by atoms with Crippen LogP contribution in [0.25, 0.3) is 0 Å². The van der Waals surface area contributed by atoms with E-state index in [9.17, 15) is 9.18 Å². The molecule has 100 valence electrons. The van der Waals surface area contributed by atoms with E-state index in [0.717, 1.165) is 0 Å². The highest BCUT2D eigenvalue weighted by Crippen LogP contribution is 2.24. The molecule has 5 heteroatoms. The maximum atomic E-state index is 13.0. The summed E-state index contributed by atoms with van der Waals surface area (Å²) in [5, 5.41) is 0. The Hall–Kier alpha value is -2.30. The smallest absolute Gasteiger partial charge is 0.373 e. The Morgan fingerprint density at radius 2 is 2.11 bits per heavy atom. The monoisotopic (exact) mass is 264 g/mol. The van der Waals surface area contributed by atoms with Gasteiger partial charge >= 0.3 is 5.97 Å². The lowest BCUT2D eigenvalue weighted by atomic mass is 10.3. The van der Waals surface area contributed by atoms with Crippen LogP contribution in [0.1, 0.15) is 29.3 Å². The van der Waals surface area contributed by atoms with Crippen molar-refractivity contribution in [2.75, 3.05) is 7.11 Å². The van der Waals surface area contributed by atoms with Gasteiger partial charge in [0.25, 0.3) is 0 Å². The van der Waals surface area contributed by atoms with E-state index in [-0.39, 0.29) is 11.6 Å². The molecule has 1 aromatic carbocycles. The molecule has 1 atom stereocenters. The minimum atomic E-state index is -0.552. The minimum absolute atomic E-state index is 0.104. The molecular weight excluding hydrogens is 251 g/mol. The van der Waals surface area contributed by atoms with E-state index in [0.29, 0.717) is 11.5 Å². The molecule has 0 aliphatic heterocycles. The van der Waals surface area contributed by atoms with E-state index < -0.39 is 12.1 Å². The maximum absolute atomic E-state index is 13.0. The largest absolute Gasteiger partial charge is 0.483 e. The topological polar surface area (TPSA) is 48.7 Å². The van der Waals surface area contributed by atoms with Crippen molar-refractivity contribution in [3.8, 4) is 5.75 Å². The Labute approximate surface area is 109 Å². The highest BCUT2D eigenvalue weighted by molar-refractivity contribution is 5.86. The highest BCUT2D eigenvalue weighted by Gasteiger charge is 2.16. The third-order valence-corrected chi connectivity index (χ3v) is 2.52. The van der Waals surface area contributed by atoms with Gasteiger partial charge < -0.3 is 13.9 Å². The summed E-state index contributed by atoms with van der Waals surface area (Å²) in [6.45, 7) is 1.74. The van der Waals surface area contributed by atoms with E-state index in [1.54, 1.807) is 25.1 Å². The molecule has 0 aliphatic carbocycles. The van der Waals surface area contributed by atoms with E-state index in [1.807, 2.05) is 0 Å². The van der Waals surface area contributed by atoms with Crippen LogP contribution in [0.2, 0.25) is 0 Å². The van der Waals surface area contributed by atoms with Crippen LogP contribution in [0.4, 0.5) is 4.39 Å². The molecule has 1 unspecified atom stereocenters. The average molecular weight is 264 g/mol. The van der Waals surface area contributed by atoms with Gasteiger partial charge in [0.1, 0.15) is 17.3 Å². The summed E-state index contributed by atoms with van der Waals surface area (Å²) >= 11 is 0. The van der Waals surface area contributed by atoms with Gasteiger partial charge in [0, 0.05) is 6.07 Å². The fourth-order valence-electron chi connectivity index (χ4n) is 1.58. The maximum Gasteiger partial charge on any atom is 0.373 e. The first-order chi connectivity index (χ1) is 9.10. The number of furan rings is 1. The Morgan fingerprint density at radius 3 is 2.79 bits per heavy atom. The van der Waals surface area contributed by atoms with Crippen molar-refractivity contribution in [1.82, 2.24) is 0 Å². The first kappa shape index (κ1) is 13.1. The summed E-state index contributed by atoms with van der Waals surface area (Å²) in [6.07, 6.45) is -0.444. The zero-order valence-electron chi connectivity index (χ0n) is 10.6. The standard InChI is InChI=1S/C14H13FO4/c1-9(18-11-5-3-4-10(15)8-11)12-6-7-13(19-12)14(16)17-2/h3-9H,1-2H3. The van der Waals surface area contributed by atoms with Crippen molar-refractivity contribution in [2.45, 2.75) is 13.0 Å². The molecule has 0 fully saturated rings. The number of rotatable bonds is 4. The van der Waals surface area contributed by atoms with Crippen molar-refractivity contribution < 1.29 is 23.1 Å². The number of carbonyl (C=O) groups is 1. The zero-order valence-corrected chi connectivity index (χ0v) is 10.6. The molecule has 1 aromatic heterocycles. The Kier molecular flexibility index (Phi) is 3.85. The number of hydrogen-bond donors (Lipinski definition) is 0. The van der Waals surface area contributed by atoms with Crippen molar-refractivity contribution >= 4 is 5.97 Å². The SMILES string of the molecule is COC(=O)c1ccc(C(C)Oc2cccc(F)c2)o1. The van der Waals surface area contributed by atoms with Crippen LogP contribution < -0.4 is 4.74 Å². The van der Waals surface area contributed by atoms with Gasteiger partial charge in [-0.25, -0.2) is 9.18 Å². The van der Waals surface area contributed by atoms with Crippen LogP contribution >= 0.6 is 0 Å². The van der Waals surface area contributed by atoms with Crippen LogP contribution in [0.15, 0.2) is 40.8 Å². The molecule has 0 amide bonds. The molecule has 0 saturated heterocycles. The summed E-state index contributed by atoms with van der Waals surface area (Å²) in [5.41, 5.74) is 0. The molecule has 0 spiro atoms. The van der Waals surface area contributed by atoms with Crippen molar-refractivity contribution in [2.24, 2.45) is 0 Å². The highest BCUT2D eigenvalue weighted by atomic mass is 19.1. The molecule has 2 aromatic rings. The summed E-state index contributed by atoms with van der Waals surface area (Å²) < 4.78 is 28.4. The van der Waals surface area contributed by atoms with Gasteiger partial charge in [0.2, 0.25) is 5.76 Å². The third kappa shape index (κ3) is 3.13. The molecule has 2 rings (SSSR count). The van der Waals surface area contributed by atoms with E-state index in [1.165, 1.54) is 25.3 Å². The molecule has 0 saturated carbocycles. The van der Waals surface area contributed by atoms with E-state index >= 15 is 0 Å². The second-order valence-electron chi connectivity index (χ2n) is 3.91. The van der Waals surface area contributed by atoms with Crippen LogP contribution in [0.5, 0.6) is 5.75 Å². The van der Waals surface area contributed by atoms with Gasteiger partial charge in [0.05, 0.1) is 7.11 Å². The van der Waals surface area contributed by atoms with Crippen molar-refractivity contribution in [3.63, 3.8) is 0 Å². The minimum Gasteiger partial charge on any atom is -0.483 e. The molecule has 4 nitrogen and oxygen atoms in total. The van der Waals surface area contributed by atoms with E-state index in [4.69, 9.17) is 9.15 Å². The van der Waals surface area contributed by atoms with Crippen LogP contribution in [0.3, 0.4) is 0 Å². The van der Waals surface area contributed by atoms with Crippen molar-refractivity contribution in [3.05, 3.63) is 53.7 Å². The van der Waals surface area contributed by atoms with Crippen LogP contribution in [-0.4, -0.2) is 13.1 Å². The normalized spacial score (nSPS) is 11.9. The Bertz CT molecular complexity index is 576. The summed E-state index contributed by atoms with van der Waals surface area (Å²) in [4.78, 5) is 11.2. The number of esters is 1. The van der Waals surface area contributed by atoms with Crippen LogP contribution in [0, 0.1) is 5.82 Å². The molecule has 0 N–H and O–H groups in total. The number of halogens is 1. The first-order valence-electron chi connectivity index (χ1n) is 5.70. The van der Waals surface area contributed by atoms with Gasteiger partial charge in [-0.15, -0.1) is 0 Å². The number of ether oxygens (including phenoxy) is 2. The molecular formula is C14H13FO4. The number of carbonyl (C=O) groups excluding carboxylic acids is 1. The predicted molar refractivity (Wildman–Crippen MR) is 65.5 cm³/mol. The first-order valence-corrected chi connectivity index (χ1v) is 5.70. The quantitative estimate of drug-likeness (QED) is 0.794. The average Bonchev–Trinajstić information content (AvgIpc) is 2.87. The van der Waals surface area contributed by atoms with Gasteiger partial charge in [-0.3, -0.25) is 0 Å². The van der Waals surface area contributed by atoms with E-state index in [2.05, 4.69) is 4.74 Å². The lowest BCUT2D eigenvalue weighted by molar-refractivity contribution is 0.0558. The molecule has 1 heterocycles. The van der Waals surface area contributed by atoms with Gasteiger partial charge in [-0.05, 0) is 31.2 Å². The molecule has 0 bridgehead atoms. The number of benzene rings is 1. The van der Waals surface area contributed by atoms with Gasteiger partial charge in [-0.1, -0.05) is 6.07 Å². The second-order valence-corrected chi connectivity index (χ2v) is 3.91. The van der Waals surface area contributed by atoms with Crippen molar-refractivity contribution in [1.29, 1.82) is 0 Å². The van der Waals surface area contributed by atoms with Crippen LogP contribution in [-0.2, 0) is 4.74 Å². The fourth-order valence-corrected chi connectivity index (χ4v) is 1.58. The lowest BCUT2D eigenvalue weighted by Gasteiger charge is -2.12. The fraction of sp³-hybridized carbons (Fsp3) is 0.214.